The number of nitrogens with zero attached hydrogens (tertiary/aromatic N) is 1. The third-order valence-corrected chi connectivity index (χ3v) is 16.3. The highest BCUT2D eigenvalue weighted by Crippen LogP contribution is 2.77. The number of aliphatic hydroxyl groups excluding tert-OH is 2. The van der Waals surface area contributed by atoms with Gasteiger partial charge in [-0.05, 0) is 122 Å². The molecule has 6 unspecified atom stereocenters. The smallest absolute Gasteiger partial charge is 0.362 e. The van der Waals surface area contributed by atoms with E-state index in [9.17, 15) is 15.0 Å². The molecule has 5 saturated carbocycles. The fourth-order valence-corrected chi connectivity index (χ4v) is 13.6. The van der Waals surface area contributed by atoms with Gasteiger partial charge in [-0.1, -0.05) is 46.8 Å². The summed E-state index contributed by atoms with van der Waals surface area (Å²) < 4.78 is 7.11. The molecule has 5 aliphatic carbocycles. The number of quaternary nitrogens is 1. The number of piperidine rings is 1. The van der Waals surface area contributed by atoms with Crippen molar-refractivity contribution in [3.05, 3.63) is 12.2 Å². The molecule has 1 heterocycles. The molecule has 0 radical (unpaired) electrons. The summed E-state index contributed by atoms with van der Waals surface area (Å²) in [5, 5.41) is 20.8. The van der Waals surface area contributed by atoms with Crippen molar-refractivity contribution >= 4 is 5.97 Å². The summed E-state index contributed by atoms with van der Waals surface area (Å²) in [5.41, 5.74) is 2.24. The molecule has 1 aliphatic heterocycles. The Morgan fingerprint density at radius 1 is 0.860 bits per heavy atom. The van der Waals surface area contributed by atoms with Gasteiger partial charge in [0.2, 0.25) is 0 Å². The van der Waals surface area contributed by atoms with Crippen LogP contribution in [0.4, 0.5) is 0 Å². The van der Waals surface area contributed by atoms with E-state index in [2.05, 4.69) is 55.2 Å². The van der Waals surface area contributed by atoms with E-state index in [1.807, 2.05) is 0 Å². The fraction of sp³-hybridized carbons (Fsp3) is 0.921. The molecule has 43 heavy (non-hydrogen) atoms. The predicted molar refractivity (Wildman–Crippen MR) is 172 cm³/mol. The first kappa shape index (κ1) is 32.0. The lowest BCUT2D eigenvalue weighted by atomic mass is 9.32. The van der Waals surface area contributed by atoms with Gasteiger partial charge in [-0.25, -0.2) is 4.79 Å². The monoisotopic (exact) mass is 598 g/mol. The minimum atomic E-state index is -0.219. The number of hydrogen-bond donors (Lipinski definition) is 2. The van der Waals surface area contributed by atoms with Gasteiger partial charge in [-0.15, -0.1) is 0 Å². The van der Waals surface area contributed by atoms with Crippen molar-refractivity contribution in [1.29, 1.82) is 0 Å². The van der Waals surface area contributed by atoms with E-state index < -0.39 is 0 Å². The standard InChI is InChI=1S/C38H64NO4/c1-25(2)27-11-18-38(24-40)20-19-36(6)28(33(27)38)9-10-30-35(5)16-13-31(34(3,4)29(35)12-17-37(30,36)7)43-32(42)23-39(8)21-14-26(41)15-22-39/h26-31,33,40-41H,1,9-24H2,2-8H3/q+1/t26?,27?,28?,29?,30?,31?,33?,35-,36+,37+,38+,39?/m0/s1. The van der Waals surface area contributed by atoms with Crippen LogP contribution >= 0.6 is 0 Å². The van der Waals surface area contributed by atoms with Crippen molar-refractivity contribution in [2.24, 2.45) is 56.7 Å². The molecular weight excluding hydrogens is 534 g/mol. The van der Waals surface area contributed by atoms with Gasteiger partial charge in [-0.2, -0.15) is 0 Å². The molecule has 5 heteroatoms. The summed E-state index contributed by atoms with van der Waals surface area (Å²) in [6.45, 7) is 22.0. The Morgan fingerprint density at radius 2 is 1.56 bits per heavy atom. The van der Waals surface area contributed by atoms with Crippen molar-refractivity contribution in [2.75, 3.05) is 33.3 Å². The average molecular weight is 599 g/mol. The van der Waals surface area contributed by atoms with Crippen molar-refractivity contribution < 1.29 is 24.2 Å². The molecule has 5 nitrogen and oxygen atoms in total. The number of hydrogen-bond acceptors (Lipinski definition) is 4. The molecule has 0 spiro atoms. The zero-order valence-corrected chi connectivity index (χ0v) is 28.7. The van der Waals surface area contributed by atoms with Crippen molar-refractivity contribution in [3.8, 4) is 0 Å². The van der Waals surface area contributed by atoms with E-state index in [0.29, 0.717) is 58.1 Å². The zero-order chi connectivity index (χ0) is 31.2. The van der Waals surface area contributed by atoms with Gasteiger partial charge in [0, 0.05) is 24.9 Å². The predicted octanol–water partition coefficient (Wildman–Crippen LogP) is 7.15. The second-order valence-corrected chi connectivity index (χ2v) is 18.5. The fourth-order valence-electron chi connectivity index (χ4n) is 13.6. The minimum absolute atomic E-state index is 0.0222. The number of likely N-dealkylation sites (tertiary alicyclic amines) is 1. The Bertz CT molecular complexity index is 1110. The summed E-state index contributed by atoms with van der Waals surface area (Å²) in [7, 11) is 2.15. The average Bonchev–Trinajstić information content (AvgIpc) is 3.33. The number of allylic oxidation sites excluding steroid dienone is 1. The molecule has 10 atom stereocenters. The van der Waals surface area contributed by atoms with E-state index in [0.717, 1.165) is 38.8 Å². The van der Waals surface area contributed by atoms with E-state index in [1.54, 1.807) is 0 Å². The molecule has 0 amide bonds. The molecule has 244 valence electrons. The van der Waals surface area contributed by atoms with Crippen LogP contribution in [-0.2, 0) is 9.53 Å². The molecular formula is C38H64NO4+. The highest BCUT2D eigenvalue weighted by molar-refractivity contribution is 5.71. The number of ether oxygens (including phenoxy) is 1. The number of fused-ring (bicyclic) bond motifs is 7. The Kier molecular flexibility index (Phi) is 7.87. The molecule has 0 aromatic heterocycles. The van der Waals surface area contributed by atoms with Crippen molar-refractivity contribution in [3.63, 3.8) is 0 Å². The number of aliphatic hydroxyl groups is 2. The van der Waals surface area contributed by atoms with Crippen LogP contribution in [0.1, 0.15) is 119 Å². The van der Waals surface area contributed by atoms with Gasteiger partial charge in [0.1, 0.15) is 6.10 Å². The van der Waals surface area contributed by atoms with Crippen molar-refractivity contribution in [1.82, 2.24) is 0 Å². The Hall–Kier alpha value is -0.910. The molecule has 2 N–H and O–H groups in total. The van der Waals surface area contributed by atoms with Crippen LogP contribution in [0.15, 0.2) is 12.2 Å². The number of carbonyl (C=O) groups excluding carboxylic acids is 1. The second-order valence-electron chi connectivity index (χ2n) is 18.5. The van der Waals surface area contributed by atoms with Gasteiger partial charge >= 0.3 is 5.97 Å². The minimum Gasteiger partial charge on any atom is -0.458 e. The first-order valence-electron chi connectivity index (χ1n) is 18.0. The number of carbonyl (C=O) groups is 1. The number of likely N-dealkylation sites (N-methyl/N-ethyl adjacent to an activating group) is 1. The molecule has 1 saturated heterocycles. The summed E-state index contributed by atoms with van der Waals surface area (Å²) in [4.78, 5) is 13.4. The van der Waals surface area contributed by atoms with Crippen LogP contribution in [0.5, 0.6) is 0 Å². The lowest BCUT2D eigenvalue weighted by Gasteiger charge is -2.73. The van der Waals surface area contributed by atoms with E-state index in [1.165, 1.54) is 56.9 Å². The largest absolute Gasteiger partial charge is 0.458 e. The molecule has 6 fully saturated rings. The third-order valence-electron chi connectivity index (χ3n) is 16.3. The van der Waals surface area contributed by atoms with Gasteiger partial charge in [0.15, 0.2) is 6.54 Å². The first-order chi connectivity index (χ1) is 20.1. The Morgan fingerprint density at radius 3 is 2.21 bits per heavy atom. The maximum Gasteiger partial charge on any atom is 0.362 e. The van der Waals surface area contributed by atoms with E-state index in [-0.39, 0.29) is 34.4 Å². The zero-order valence-electron chi connectivity index (χ0n) is 28.7. The number of rotatable bonds is 5. The van der Waals surface area contributed by atoms with Gasteiger partial charge in [0.25, 0.3) is 0 Å². The van der Waals surface area contributed by atoms with E-state index >= 15 is 0 Å². The summed E-state index contributed by atoms with van der Waals surface area (Å²) in [5.74, 6) is 3.00. The third kappa shape index (κ3) is 4.66. The SMILES string of the molecule is C=C(C)C1CC[C@]2(CO)CC[C@]3(C)C(CCC4[C@@]5(C)CCC(OC(=O)C[N+]6(C)CCC(O)CC6)C(C)(C)C5CC[C@]43C)C12. The van der Waals surface area contributed by atoms with Crippen molar-refractivity contribution in [2.45, 2.75) is 131 Å². The topological polar surface area (TPSA) is 66.8 Å². The second kappa shape index (κ2) is 10.6. The van der Waals surface area contributed by atoms with Crippen LogP contribution in [0.25, 0.3) is 0 Å². The van der Waals surface area contributed by atoms with Crippen LogP contribution in [0.2, 0.25) is 0 Å². The van der Waals surface area contributed by atoms with Gasteiger partial charge in [0.05, 0.1) is 26.2 Å². The van der Waals surface area contributed by atoms with E-state index in [4.69, 9.17) is 4.74 Å². The van der Waals surface area contributed by atoms with Gasteiger partial charge < -0.3 is 19.4 Å². The first-order valence-corrected chi connectivity index (χ1v) is 18.0. The van der Waals surface area contributed by atoms with Crippen LogP contribution in [0.3, 0.4) is 0 Å². The lowest BCUT2D eigenvalue weighted by Crippen LogP contribution is -2.67. The molecule has 6 aliphatic rings. The van der Waals surface area contributed by atoms with Gasteiger partial charge in [-0.3, -0.25) is 0 Å². The highest BCUT2D eigenvalue weighted by Gasteiger charge is 2.71. The summed E-state index contributed by atoms with van der Waals surface area (Å²) in [6, 6.07) is 0. The molecule has 0 aromatic rings. The van der Waals surface area contributed by atoms with Crippen LogP contribution in [-0.4, -0.2) is 66.2 Å². The highest BCUT2D eigenvalue weighted by atomic mass is 16.5. The quantitative estimate of drug-likeness (QED) is 0.200. The van der Waals surface area contributed by atoms with Crippen LogP contribution in [0, 0.1) is 56.7 Å². The Labute approximate surface area is 262 Å². The maximum atomic E-state index is 13.4. The Balaban J connectivity index is 1.22. The summed E-state index contributed by atoms with van der Waals surface area (Å²) in [6.07, 6.45) is 13.3. The molecule has 6 rings (SSSR count). The molecule has 0 bridgehead atoms. The van der Waals surface area contributed by atoms with Crippen LogP contribution < -0.4 is 0 Å². The number of esters is 1. The maximum absolute atomic E-state index is 13.4. The summed E-state index contributed by atoms with van der Waals surface area (Å²) >= 11 is 0. The lowest BCUT2D eigenvalue weighted by molar-refractivity contribution is -0.908. The molecule has 0 aromatic carbocycles. The normalized spacial score (nSPS) is 52.3.